The second kappa shape index (κ2) is 2.39. The molecule has 1 atom stereocenters. The van der Waals surface area contributed by atoms with Crippen LogP contribution in [-0.4, -0.2) is 17.6 Å². The number of nitrogens with two attached hydrogens (primary N) is 1. The standard InChI is InChI=1S/C4H8N2OS/c5-2-3-1-4(8)6-7-3/h3H,1-2,5H2,(H,6,8). The van der Waals surface area contributed by atoms with Crippen LogP contribution >= 0.6 is 12.2 Å². The summed E-state index contributed by atoms with van der Waals surface area (Å²) in [5, 5.41) is 0. The predicted octanol–water partition coefficient (Wildman–Crippen LogP) is -0.434. The Kier molecular flexibility index (Phi) is 1.77. The fourth-order valence-corrected chi connectivity index (χ4v) is 0.805. The molecule has 3 N–H and O–H groups in total. The Bertz CT molecular complexity index is 106. The van der Waals surface area contributed by atoms with Crippen LogP contribution in [-0.2, 0) is 4.84 Å². The van der Waals surface area contributed by atoms with E-state index in [-0.39, 0.29) is 6.10 Å². The average Bonchev–Trinajstić information content (AvgIpc) is 2.14. The maximum absolute atomic E-state index is 5.27. The molecule has 1 aliphatic rings. The van der Waals surface area contributed by atoms with Crippen LogP contribution < -0.4 is 11.2 Å². The van der Waals surface area contributed by atoms with Gasteiger partial charge in [-0.3, -0.25) is 10.3 Å². The maximum atomic E-state index is 5.27. The van der Waals surface area contributed by atoms with E-state index >= 15 is 0 Å². The molecule has 1 fully saturated rings. The van der Waals surface area contributed by atoms with E-state index in [0.29, 0.717) is 6.54 Å². The van der Waals surface area contributed by atoms with Crippen molar-refractivity contribution in [1.82, 2.24) is 5.48 Å². The molecule has 0 bridgehead atoms. The highest BCUT2D eigenvalue weighted by atomic mass is 32.1. The van der Waals surface area contributed by atoms with Crippen molar-refractivity contribution in [3.8, 4) is 0 Å². The summed E-state index contributed by atoms with van der Waals surface area (Å²) in [4.78, 5) is 5.65. The summed E-state index contributed by atoms with van der Waals surface area (Å²) in [7, 11) is 0. The third kappa shape index (κ3) is 1.15. The first-order valence-electron chi connectivity index (χ1n) is 2.47. The minimum absolute atomic E-state index is 0.0995. The summed E-state index contributed by atoms with van der Waals surface area (Å²) < 4.78 is 0. The van der Waals surface area contributed by atoms with Gasteiger partial charge in [-0.1, -0.05) is 12.2 Å². The van der Waals surface area contributed by atoms with Crippen molar-refractivity contribution in [2.75, 3.05) is 6.54 Å². The molecule has 0 saturated carbocycles. The SMILES string of the molecule is NCC1CC(=S)NO1. The van der Waals surface area contributed by atoms with Gasteiger partial charge >= 0.3 is 0 Å². The van der Waals surface area contributed by atoms with Crippen LogP contribution in [0.5, 0.6) is 0 Å². The van der Waals surface area contributed by atoms with E-state index in [1.807, 2.05) is 0 Å². The van der Waals surface area contributed by atoms with Gasteiger partial charge in [0.05, 0.1) is 0 Å². The lowest BCUT2D eigenvalue weighted by Gasteiger charge is -1.98. The maximum Gasteiger partial charge on any atom is 0.104 e. The van der Waals surface area contributed by atoms with Crippen LogP contribution in [0.3, 0.4) is 0 Å². The van der Waals surface area contributed by atoms with Crippen LogP contribution in [0.2, 0.25) is 0 Å². The molecule has 0 aromatic rings. The third-order valence-electron chi connectivity index (χ3n) is 1.02. The van der Waals surface area contributed by atoms with E-state index in [1.165, 1.54) is 0 Å². The van der Waals surface area contributed by atoms with Gasteiger partial charge in [0.2, 0.25) is 0 Å². The van der Waals surface area contributed by atoms with Gasteiger partial charge in [-0.05, 0) is 0 Å². The zero-order valence-corrected chi connectivity index (χ0v) is 5.20. The highest BCUT2D eigenvalue weighted by Gasteiger charge is 2.17. The second-order valence-corrected chi connectivity index (χ2v) is 2.20. The Morgan fingerprint density at radius 1 is 2.00 bits per heavy atom. The Morgan fingerprint density at radius 2 is 2.75 bits per heavy atom. The number of hydrogen-bond acceptors (Lipinski definition) is 3. The van der Waals surface area contributed by atoms with Crippen LogP contribution in [0.4, 0.5) is 0 Å². The summed E-state index contributed by atoms with van der Waals surface area (Å²) in [6.07, 6.45) is 0.869. The third-order valence-corrected chi connectivity index (χ3v) is 1.27. The highest BCUT2D eigenvalue weighted by molar-refractivity contribution is 7.80. The Morgan fingerprint density at radius 3 is 3.00 bits per heavy atom. The molecule has 1 rings (SSSR count). The van der Waals surface area contributed by atoms with Crippen LogP contribution in [0, 0.1) is 0 Å². The number of hydrogen-bond donors (Lipinski definition) is 2. The predicted molar refractivity (Wildman–Crippen MR) is 34.3 cm³/mol. The number of rotatable bonds is 1. The molecular formula is C4H8N2OS. The Hall–Kier alpha value is -0.190. The molecule has 0 aliphatic carbocycles. The second-order valence-electron chi connectivity index (χ2n) is 1.70. The molecule has 3 nitrogen and oxygen atoms in total. The van der Waals surface area contributed by atoms with Crippen LogP contribution in [0.15, 0.2) is 0 Å². The lowest BCUT2D eigenvalue weighted by atomic mass is 10.3. The first-order chi connectivity index (χ1) is 3.83. The molecule has 1 unspecified atom stereocenters. The Labute approximate surface area is 53.1 Å². The first kappa shape index (κ1) is 5.94. The number of thiocarbonyl (C=S) groups is 1. The molecule has 0 radical (unpaired) electrons. The molecule has 0 spiro atoms. The lowest BCUT2D eigenvalue weighted by molar-refractivity contribution is 0.0516. The number of hydroxylamine groups is 1. The van der Waals surface area contributed by atoms with Crippen molar-refractivity contribution in [2.24, 2.45) is 5.73 Å². The van der Waals surface area contributed by atoms with E-state index < -0.39 is 0 Å². The zero-order chi connectivity index (χ0) is 5.98. The summed E-state index contributed by atoms with van der Waals surface area (Å²) in [6.45, 7) is 0.535. The molecule has 0 aromatic heterocycles. The van der Waals surface area contributed by atoms with Crippen LogP contribution in [0.1, 0.15) is 6.42 Å². The van der Waals surface area contributed by atoms with E-state index in [9.17, 15) is 0 Å². The molecule has 8 heavy (non-hydrogen) atoms. The monoisotopic (exact) mass is 132 g/mol. The molecule has 0 aromatic carbocycles. The van der Waals surface area contributed by atoms with E-state index in [2.05, 4.69) is 5.48 Å². The fraction of sp³-hybridized carbons (Fsp3) is 0.750. The van der Waals surface area contributed by atoms with E-state index in [4.69, 9.17) is 22.8 Å². The molecule has 46 valence electrons. The normalized spacial score (nSPS) is 28.1. The molecular weight excluding hydrogens is 124 g/mol. The van der Waals surface area contributed by atoms with Crippen molar-refractivity contribution in [1.29, 1.82) is 0 Å². The largest absolute Gasteiger partial charge is 0.328 e. The zero-order valence-electron chi connectivity index (χ0n) is 4.39. The summed E-state index contributed by atoms with van der Waals surface area (Å²) in [5.41, 5.74) is 7.84. The molecule has 1 saturated heterocycles. The van der Waals surface area contributed by atoms with Crippen molar-refractivity contribution < 1.29 is 4.84 Å². The van der Waals surface area contributed by atoms with E-state index in [0.717, 1.165) is 11.4 Å². The van der Waals surface area contributed by atoms with Gasteiger partial charge in [-0.15, -0.1) is 0 Å². The van der Waals surface area contributed by atoms with E-state index in [1.54, 1.807) is 0 Å². The van der Waals surface area contributed by atoms with Crippen molar-refractivity contribution >= 4 is 17.2 Å². The van der Waals surface area contributed by atoms with Crippen molar-refractivity contribution in [3.63, 3.8) is 0 Å². The molecule has 1 heterocycles. The summed E-state index contributed by atoms with van der Waals surface area (Å²) >= 11 is 4.77. The minimum Gasteiger partial charge on any atom is -0.328 e. The quantitative estimate of drug-likeness (QED) is 0.475. The van der Waals surface area contributed by atoms with Gasteiger partial charge in [0.15, 0.2) is 0 Å². The summed E-state index contributed by atoms with van der Waals surface area (Å²) in [6, 6.07) is 0. The van der Waals surface area contributed by atoms with Crippen molar-refractivity contribution in [3.05, 3.63) is 0 Å². The van der Waals surface area contributed by atoms with Gasteiger partial charge in [-0.2, -0.15) is 0 Å². The topological polar surface area (TPSA) is 47.3 Å². The fourth-order valence-electron chi connectivity index (χ4n) is 0.571. The van der Waals surface area contributed by atoms with Gasteiger partial charge in [0.25, 0.3) is 0 Å². The first-order valence-corrected chi connectivity index (χ1v) is 2.88. The van der Waals surface area contributed by atoms with Gasteiger partial charge < -0.3 is 5.73 Å². The van der Waals surface area contributed by atoms with Gasteiger partial charge in [-0.25, -0.2) is 0 Å². The lowest BCUT2D eigenvalue weighted by Crippen LogP contribution is -2.20. The smallest absolute Gasteiger partial charge is 0.104 e. The minimum atomic E-state index is 0.0995. The molecule has 0 amide bonds. The van der Waals surface area contributed by atoms with Crippen LogP contribution in [0.25, 0.3) is 0 Å². The van der Waals surface area contributed by atoms with Crippen molar-refractivity contribution in [2.45, 2.75) is 12.5 Å². The summed E-state index contributed by atoms with van der Waals surface area (Å²) in [5.74, 6) is 0. The number of nitrogens with one attached hydrogen (secondary N) is 1. The highest BCUT2D eigenvalue weighted by Crippen LogP contribution is 2.02. The van der Waals surface area contributed by atoms with Gasteiger partial charge in [0, 0.05) is 13.0 Å². The molecule has 4 heteroatoms. The Balaban J connectivity index is 2.32. The average molecular weight is 132 g/mol. The van der Waals surface area contributed by atoms with Gasteiger partial charge in [0.1, 0.15) is 11.1 Å². The molecule has 1 aliphatic heterocycles.